The van der Waals surface area contributed by atoms with Crippen LogP contribution in [0.1, 0.15) is 0 Å². The molecule has 1 rings (SSSR count). The fraction of sp³-hybridized carbons (Fsp3) is 0.250. The summed E-state index contributed by atoms with van der Waals surface area (Å²) in [4.78, 5) is 0. The van der Waals surface area contributed by atoms with Crippen LogP contribution in [0.4, 0.5) is 4.39 Å². The first-order valence-electron chi connectivity index (χ1n) is 3.37. The van der Waals surface area contributed by atoms with E-state index in [0.717, 1.165) is 0 Å². The van der Waals surface area contributed by atoms with E-state index in [2.05, 4.69) is 15.9 Å². The van der Waals surface area contributed by atoms with E-state index in [-0.39, 0.29) is 15.2 Å². The number of hydrogen-bond donors (Lipinski definition) is 0. The van der Waals surface area contributed by atoms with Crippen molar-refractivity contribution in [3.05, 3.63) is 21.4 Å². The third kappa shape index (κ3) is 1.89. The predicted molar refractivity (Wildman–Crippen MR) is 52.2 cm³/mol. The highest BCUT2D eigenvalue weighted by Crippen LogP contribution is 2.40. The van der Waals surface area contributed by atoms with E-state index < -0.39 is 5.82 Å². The Morgan fingerprint density at radius 1 is 1.38 bits per heavy atom. The second kappa shape index (κ2) is 4.15. The van der Waals surface area contributed by atoms with Crippen molar-refractivity contribution < 1.29 is 13.9 Å². The molecule has 0 fully saturated rings. The van der Waals surface area contributed by atoms with Crippen molar-refractivity contribution in [2.75, 3.05) is 14.2 Å². The van der Waals surface area contributed by atoms with Crippen LogP contribution in [0.25, 0.3) is 0 Å². The van der Waals surface area contributed by atoms with Gasteiger partial charge >= 0.3 is 0 Å². The molecule has 1 aromatic carbocycles. The molecule has 2 nitrogen and oxygen atoms in total. The minimum atomic E-state index is -0.556. The molecule has 1 aromatic rings. The average molecular weight is 269 g/mol. The van der Waals surface area contributed by atoms with Crippen molar-refractivity contribution in [1.82, 2.24) is 0 Å². The predicted octanol–water partition coefficient (Wildman–Crippen LogP) is 3.26. The van der Waals surface area contributed by atoms with Gasteiger partial charge in [-0.25, -0.2) is 4.39 Å². The second-order valence-electron chi connectivity index (χ2n) is 2.22. The van der Waals surface area contributed by atoms with Gasteiger partial charge in [0.25, 0.3) is 0 Å². The molecule has 0 spiro atoms. The molecule has 5 heteroatoms. The maximum Gasteiger partial charge on any atom is 0.182 e. The Morgan fingerprint density at radius 3 is 2.46 bits per heavy atom. The summed E-state index contributed by atoms with van der Waals surface area (Å²) in [6.45, 7) is 0. The molecule has 0 bridgehead atoms. The third-order valence-electron chi connectivity index (χ3n) is 1.51. The second-order valence-corrected chi connectivity index (χ2v) is 3.45. The van der Waals surface area contributed by atoms with Crippen molar-refractivity contribution in [2.45, 2.75) is 0 Å². The molecule has 0 N–H and O–H groups in total. The van der Waals surface area contributed by atoms with Crippen LogP contribution in [-0.2, 0) is 0 Å². The fourth-order valence-electron chi connectivity index (χ4n) is 0.899. The number of methoxy groups -OCH3 is 2. The van der Waals surface area contributed by atoms with E-state index in [1.807, 2.05) is 0 Å². The van der Waals surface area contributed by atoms with Crippen molar-refractivity contribution >= 4 is 27.5 Å². The van der Waals surface area contributed by atoms with Gasteiger partial charge in [-0.3, -0.25) is 0 Å². The zero-order valence-electron chi connectivity index (χ0n) is 7.03. The molecule has 0 heterocycles. The third-order valence-corrected chi connectivity index (χ3v) is 2.42. The van der Waals surface area contributed by atoms with E-state index in [0.29, 0.717) is 5.75 Å². The molecule has 13 heavy (non-hydrogen) atoms. The van der Waals surface area contributed by atoms with Crippen molar-refractivity contribution in [3.63, 3.8) is 0 Å². The van der Waals surface area contributed by atoms with Crippen molar-refractivity contribution in [3.8, 4) is 11.5 Å². The molecular weight excluding hydrogens is 262 g/mol. The number of halogens is 3. The van der Waals surface area contributed by atoms with Gasteiger partial charge in [0, 0.05) is 6.07 Å². The van der Waals surface area contributed by atoms with Gasteiger partial charge < -0.3 is 9.47 Å². The van der Waals surface area contributed by atoms with Gasteiger partial charge in [-0.2, -0.15) is 0 Å². The lowest BCUT2D eigenvalue weighted by molar-refractivity contribution is 0.352. The molecule has 0 saturated carbocycles. The summed E-state index contributed by atoms with van der Waals surface area (Å²) in [7, 11) is 2.86. The summed E-state index contributed by atoms with van der Waals surface area (Å²) >= 11 is 8.68. The van der Waals surface area contributed by atoms with Gasteiger partial charge in [0.15, 0.2) is 17.3 Å². The van der Waals surface area contributed by atoms with Crippen molar-refractivity contribution in [1.29, 1.82) is 0 Å². The lowest BCUT2D eigenvalue weighted by Crippen LogP contribution is -1.94. The Hall–Kier alpha value is -0.480. The molecule has 0 saturated heterocycles. The summed E-state index contributed by atoms with van der Waals surface area (Å²) in [5.41, 5.74) is 0. The van der Waals surface area contributed by atoms with Crippen LogP contribution < -0.4 is 9.47 Å². The summed E-state index contributed by atoms with van der Waals surface area (Å²) in [5.74, 6) is 0.0324. The highest BCUT2D eigenvalue weighted by atomic mass is 79.9. The molecule has 0 aromatic heterocycles. The van der Waals surface area contributed by atoms with Crippen LogP contribution in [0.2, 0.25) is 5.02 Å². The van der Waals surface area contributed by atoms with Crippen LogP contribution >= 0.6 is 27.5 Å². The Labute approximate surface area is 88.7 Å². The molecule has 0 aliphatic heterocycles. The SMILES string of the molecule is COc1cc(Br)c(F)c(Cl)c1OC. The summed E-state index contributed by atoms with van der Waals surface area (Å²) < 4.78 is 23.3. The van der Waals surface area contributed by atoms with Gasteiger partial charge in [-0.1, -0.05) is 11.6 Å². The zero-order chi connectivity index (χ0) is 10.0. The minimum absolute atomic E-state index is 0.0891. The van der Waals surface area contributed by atoms with E-state index >= 15 is 0 Å². The van der Waals surface area contributed by atoms with Crippen LogP contribution in [0, 0.1) is 5.82 Å². The normalized spacial score (nSPS) is 9.92. The first-order chi connectivity index (χ1) is 6.11. The fourth-order valence-corrected chi connectivity index (χ4v) is 1.69. The van der Waals surface area contributed by atoms with Gasteiger partial charge in [0.1, 0.15) is 5.02 Å². The van der Waals surface area contributed by atoms with E-state index in [1.165, 1.54) is 20.3 Å². The van der Waals surface area contributed by atoms with Gasteiger partial charge in [0.05, 0.1) is 18.7 Å². The molecule has 0 atom stereocenters. The Balaban J connectivity index is 3.39. The average Bonchev–Trinajstić information content (AvgIpc) is 2.13. The van der Waals surface area contributed by atoms with E-state index in [9.17, 15) is 4.39 Å². The van der Waals surface area contributed by atoms with Gasteiger partial charge in [-0.15, -0.1) is 0 Å². The topological polar surface area (TPSA) is 18.5 Å². The van der Waals surface area contributed by atoms with Crippen LogP contribution in [0.3, 0.4) is 0 Å². The summed E-state index contributed by atoms with van der Waals surface area (Å²) in [6.07, 6.45) is 0. The minimum Gasteiger partial charge on any atom is -0.493 e. The number of hydrogen-bond acceptors (Lipinski definition) is 2. The molecule has 0 radical (unpaired) electrons. The number of ether oxygens (including phenoxy) is 2. The van der Waals surface area contributed by atoms with Crippen molar-refractivity contribution in [2.24, 2.45) is 0 Å². The van der Waals surface area contributed by atoms with E-state index in [4.69, 9.17) is 21.1 Å². The smallest absolute Gasteiger partial charge is 0.182 e. The lowest BCUT2D eigenvalue weighted by atomic mass is 10.3. The van der Waals surface area contributed by atoms with Gasteiger partial charge in [-0.05, 0) is 15.9 Å². The van der Waals surface area contributed by atoms with E-state index in [1.54, 1.807) is 0 Å². The molecule has 0 unspecified atom stereocenters. The Morgan fingerprint density at radius 2 is 2.00 bits per heavy atom. The largest absolute Gasteiger partial charge is 0.493 e. The number of rotatable bonds is 2. The Kier molecular flexibility index (Phi) is 3.39. The first kappa shape index (κ1) is 10.6. The molecule has 0 amide bonds. The summed E-state index contributed by atoms with van der Waals surface area (Å²) in [5, 5.41) is -0.0891. The maximum absolute atomic E-state index is 13.2. The maximum atomic E-state index is 13.2. The monoisotopic (exact) mass is 268 g/mol. The standard InChI is InChI=1S/C8H7BrClFO2/c1-12-5-3-4(9)7(11)6(10)8(5)13-2/h3H,1-2H3. The summed E-state index contributed by atoms with van der Waals surface area (Å²) in [6, 6.07) is 1.46. The highest BCUT2D eigenvalue weighted by Gasteiger charge is 2.16. The highest BCUT2D eigenvalue weighted by molar-refractivity contribution is 9.10. The molecule has 0 aliphatic carbocycles. The molecule has 0 aliphatic rings. The van der Waals surface area contributed by atoms with Gasteiger partial charge in [0.2, 0.25) is 0 Å². The van der Waals surface area contributed by atoms with Crippen LogP contribution in [0.5, 0.6) is 11.5 Å². The molecular formula is C8H7BrClFO2. The first-order valence-corrected chi connectivity index (χ1v) is 4.54. The quantitative estimate of drug-likeness (QED) is 0.767. The number of benzene rings is 1. The van der Waals surface area contributed by atoms with Crippen LogP contribution in [0.15, 0.2) is 10.5 Å². The van der Waals surface area contributed by atoms with Crippen LogP contribution in [-0.4, -0.2) is 14.2 Å². The lowest BCUT2D eigenvalue weighted by Gasteiger charge is -2.10. The molecule has 72 valence electrons. The zero-order valence-corrected chi connectivity index (χ0v) is 9.37. The Bertz CT molecular complexity index is 330.